The Balaban J connectivity index is 1.83. The lowest BCUT2D eigenvalue weighted by Gasteiger charge is -2.27. The minimum atomic E-state index is -0.744. The van der Waals surface area contributed by atoms with Crippen molar-refractivity contribution >= 4 is 52.0 Å². The number of H-pyrrole nitrogens is 2. The van der Waals surface area contributed by atoms with Gasteiger partial charge in [0.05, 0.1) is 18.2 Å². The van der Waals surface area contributed by atoms with E-state index in [-0.39, 0.29) is 5.69 Å². The number of likely N-dealkylation sites (N-methyl/N-ethyl adjacent to an activating group) is 1. The Morgan fingerprint density at radius 2 is 1.88 bits per heavy atom. The fraction of sp³-hybridized carbons (Fsp3) is 0.167. The molecule has 2 aromatic heterocycles. The van der Waals surface area contributed by atoms with Gasteiger partial charge in [0.25, 0.3) is 0 Å². The van der Waals surface area contributed by atoms with Crippen LogP contribution in [-0.2, 0) is 10.2 Å². The molecule has 1 aliphatic heterocycles. The molecule has 3 heterocycles. The first-order valence-electron chi connectivity index (χ1n) is 10.0. The topological polar surface area (TPSA) is 78.2 Å². The van der Waals surface area contributed by atoms with E-state index in [1.54, 1.807) is 0 Å². The summed E-state index contributed by atoms with van der Waals surface area (Å²) in [7, 11) is 3.33. The van der Waals surface area contributed by atoms with Crippen molar-refractivity contribution in [2.75, 3.05) is 25.6 Å². The Kier molecular flexibility index (Phi) is 3.89. The number of rotatable bonds is 2. The second-order valence-corrected chi connectivity index (χ2v) is 9.13. The van der Waals surface area contributed by atoms with Crippen LogP contribution >= 0.6 is 23.2 Å². The quantitative estimate of drug-likeness (QED) is 0.316. The zero-order valence-electron chi connectivity index (χ0n) is 17.2. The first-order valence-corrected chi connectivity index (χ1v) is 10.8. The normalized spacial score (nSPS) is 18.2. The number of halogens is 2. The molecule has 0 fully saturated rings. The van der Waals surface area contributed by atoms with Crippen LogP contribution in [0.25, 0.3) is 22.0 Å². The molecule has 1 spiro atoms. The average Bonchev–Trinajstić information content (AvgIpc) is 3.48. The zero-order chi connectivity index (χ0) is 22.4. The maximum absolute atomic E-state index is 12.9. The number of nitrogens with one attached hydrogen (secondary N) is 2. The van der Waals surface area contributed by atoms with Crippen LogP contribution in [0.15, 0.2) is 36.4 Å². The van der Waals surface area contributed by atoms with Crippen LogP contribution in [0.1, 0.15) is 37.8 Å². The summed E-state index contributed by atoms with van der Waals surface area (Å²) in [5.41, 5.74) is 5.94. The molecule has 1 atom stereocenters. The molecule has 6 rings (SSSR count). The van der Waals surface area contributed by atoms with Gasteiger partial charge in [-0.05, 0) is 42.0 Å². The van der Waals surface area contributed by atoms with Gasteiger partial charge in [-0.15, -0.1) is 0 Å². The van der Waals surface area contributed by atoms with Gasteiger partial charge in [-0.1, -0.05) is 23.2 Å². The molecule has 0 bridgehead atoms. The monoisotopic (exact) mass is 465 g/mol. The Morgan fingerprint density at radius 3 is 2.62 bits per heavy atom. The summed E-state index contributed by atoms with van der Waals surface area (Å²) in [5, 5.41) is 2.07. The van der Waals surface area contributed by atoms with E-state index in [0.29, 0.717) is 27.8 Å². The number of esters is 1. The van der Waals surface area contributed by atoms with E-state index in [2.05, 4.69) is 14.9 Å². The lowest BCUT2D eigenvalue weighted by molar-refractivity contribution is 0.0592. The average molecular weight is 466 g/mol. The van der Waals surface area contributed by atoms with Gasteiger partial charge in [0.2, 0.25) is 0 Å². The predicted molar refractivity (Wildman–Crippen MR) is 124 cm³/mol. The second kappa shape index (κ2) is 6.40. The number of aromatic amines is 2. The van der Waals surface area contributed by atoms with Gasteiger partial charge in [0, 0.05) is 62.6 Å². The summed E-state index contributed by atoms with van der Waals surface area (Å²) in [6, 6.07) is 11.4. The summed E-state index contributed by atoms with van der Waals surface area (Å²) >= 11 is 12.8. The largest absolute Gasteiger partial charge is 0.464 e. The standard InChI is InChI=1S/C24H17Cl2N3O3/c1-29-10-24(14-8-12(26)4-6-17(14)29)20-19(16(9-30)27-21(20)23(31)32-2)18-13-7-11(25)3-5-15(13)28-22(18)24/h3-9,27-28H,10H2,1-2H3/t24-/m1/s1. The van der Waals surface area contributed by atoms with E-state index < -0.39 is 11.4 Å². The molecule has 8 heteroatoms. The van der Waals surface area contributed by atoms with Gasteiger partial charge >= 0.3 is 5.97 Å². The molecular weight excluding hydrogens is 449 g/mol. The molecule has 2 N–H and O–H groups in total. The number of aldehydes is 1. The Hall–Kier alpha value is -3.22. The van der Waals surface area contributed by atoms with Gasteiger partial charge in [-0.3, -0.25) is 4.79 Å². The molecule has 0 radical (unpaired) electrons. The van der Waals surface area contributed by atoms with E-state index in [9.17, 15) is 9.59 Å². The minimum absolute atomic E-state index is 0.269. The van der Waals surface area contributed by atoms with Crippen molar-refractivity contribution in [1.82, 2.24) is 9.97 Å². The lowest BCUT2D eigenvalue weighted by Crippen LogP contribution is -2.34. The van der Waals surface area contributed by atoms with Crippen molar-refractivity contribution < 1.29 is 14.3 Å². The SMILES string of the molecule is COC(=O)c1[nH]c(C=O)c2c1[C@]1(CN(C)c3ccc(Cl)cc31)c1[nH]c3ccc(Cl)cc3c1-2. The molecule has 0 saturated heterocycles. The molecule has 160 valence electrons. The summed E-state index contributed by atoms with van der Waals surface area (Å²) in [4.78, 5) is 33.7. The second-order valence-electron chi connectivity index (χ2n) is 8.26. The van der Waals surface area contributed by atoms with E-state index in [4.69, 9.17) is 27.9 Å². The number of ether oxygens (including phenoxy) is 1. The van der Waals surface area contributed by atoms with Crippen molar-refractivity contribution in [2.24, 2.45) is 0 Å². The molecule has 32 heavy (non-hydrogen) atoms. The highest BCUT2D eigenvalue weighted by Crippen LogP contribution is 2.61. The number of anilines is 1. The van der Waals surface area contributed by atoms with Crippen LogP contribution in [0.3, 0.4) is 0 Å². The molecule has 4 aromatic rings. The number of carbonyl (C=O) groups is 2. The molecule has 0 amide bonds. The summed E-state index contributed by atoms with van der Waals surface area (Å²) in [6.07, 6.45) is 0.745. The van der Waals surface area contributed by atoms with Crippen LogP contribution in [0.4, 0.5) is 5.69 Å². The number of carbonyl (C=O) groups excluding carboxylic acids is 2. The van der Waals surface area contributed by atoms with Crippen LogP contribution in [0, 0.1) is 0 Å². The third kappa shape index (κ3) is 2.21. The number of fused-ring (bicyclic) bond motifs is 9. The van der Waals surface area contributed by atoms with E-state index in [1.165, 1.54) is 7.11 Å². The van der Waals surface area contributed by atoms with Crippen molar-refractivity contribution in [3.05, 3.63) is 74.7 Å². The van der Waals surface area contributed by atoms with Gasteiger partial charge in [0.15, 0.2) is 6.29 Å². The minimum Gasteiger partial charge on any atom is -0.464 e. The van der Waals surface area contributed by atoms with Crippen molar-refractivity contribution in [3.8, 4) is 11.1 Å². The van der Waals surface area contributed by atoms with Gasteiger partial charge in [-0.2, -0.15) is 0 Å². The number of hydrogen-bond acceptors (Lipinski definition) is 4. The van der Waals surface area contributed by atoms with Gasteiger partial charge < -0.3 is 19.6 Å². The zero-order valence-corrected chi connectivity index (χ0v) is 18.7. The summed E-state index contributed by atoms with van der Waals surface area (Å²) in [5.74, 6) is -0.528. The van der Waals surface area contributed by atoms with E-state index in [0.717, 1.165) is 45.3 Å². The van der Waals surface area contributed by atoms with Gasteiger partial charge in [0.1, 0.15) is 5.69 Å². The number of benzene rings is 2. The van der Waals surface area contributed by atoms with E-state index in [1.807, 2.05) is 43.4 Å². The highest BCUT2D eigenvalue weighted by Gasteiger charge is 2.56. The van der Waals surface area contributed by atoms with Crippen LogP contribution in [0.5, 0.6) is 0 Å². The predicted octanol–water partition coefficient (Wildman–Crippen LogP) is 5.17. The lowest BCUT2D eigenvalue weighted by atomic mass is 9.76. The van der Waals surface area contributed by atoms with Crippen LogP contribution in [-0.4, -0.2) is 42.9 Å². The summed E-state index contributed by atoms with van der Waals surface area (Å²) in [6.45, 7) is 0.559. The first kappa shape index (κ1) is 19.5. The Labute approximate surface area is 193 Å². The maximum atomic E-state index is 12.9. The molecule has 6 nitrogen and oxygen atoms in total. The number of hydrogen-bond donors (Lipinski definition) is 2. The highest BCUT2D eigenvalue weighted by atomic mass is 35.5. The molecule has 1 aliphatic carbocycles. The Morgan fingerprint density at radius 1 is 1.12 bits per heavy atom. The maximum Gasteiger partial charge on any atom is 0.354 e. The fourth-order valence-corrected chi connectivity index (χ4v) is 5.90. The van der Waals surface area contributed by atoms with Crippen LogP contribution in [0.2, 0.25) is 10.0 Å². The molecular formula is C24H17Cl2N3O3. The Bertz CT molecular complexity index is 1490. The number of aromatic nitrogens is 2. The van der Waals surface area contributed by atoms with Gasteiger partial charge in [-0.25, -0.2) is 4.79 Å². The van der Waals surface area contributed by atoms with Crippen molar-refractivity contribution in [2.45, 2.75) is 5.41 Å². The highest BCUT2D eigenvalue weighted by molar-refractivity contribution is 6.32. The number of methoxy groups -OCH3 is 1. The van der Waals surface area contributed by atoms with Crippen molar-refractivity contribution in [1.29, 1.82) is 0 Å². The molecule has 0 saturated carbocycles. The fourth-order valence-electron chi connectivity index (χ4n) is 5.55. The third-order valence-corrected chi connectivity index (χ3v) is 7.17. The van der Waals surface area contributed by atoms with Crippen molar-refractivity contribution in [3.63, 3.8) is 0 Å². The number of nitrogens with zero attached hydrogens (tertiary/aromatic N) is 1. The third-order valence-electron chi connectivity index (χ3n) is 6.70. The van der Waals surface area contributed by atoms with E-state index >= 15 is 0 Å². The summed E-state index contributed by atoms with van der Waals surface area (Å²) < 4.78 is 5.09. The molecule has 0 unspecified atom stereocenters. The van der Waals surface area contributed by atoms with Crippen LogP contribution < -0.4 is 4.90 Å². The first-order chi connectivity index (χ1) is 15.4. The smallest absolute Gasteiger partial charge is 0.354 e. The molecule has 2 aliphatic rings. The molecule has 2 aromatic carbocycles.